The number of fused-ring (bicyclic) bond motifs is 1. The van der Waals surface area contributed by atoms with Crippen molar-refractivity contribution >= 4 is 16.8 Å². The lowest BCUT2D eigenvalue weighted by molar-refractivity contribution is 0.0707. The molecule has 172 valence electrons. The second-order valence-corrected chi connectivity index (χ2v) is 8.94. The van der Waals surface area contributed by atoms with Gasteiger partial charge in [0.15, 0.2) is 5.82 Å². The van der Waals surface area contributed by atoms with Crippen LogP contribution in [0.4, 0.5) is 0 Å². The van der Waals surface area contributed by atoms with Gasteiger partial charge in [0.05, 0.1) is 5.69 Å². The maximum Gasteiger partial charge on any atom is 0.270 e. The first kappa shape index (κ1) is 21.2. The van der Waals surface area contributed by atoms with E-state index in [0.717, 1.165) is 46.1 Å². The first-order chi connectivity index (χ1) is 17.3. The molecule has 1 N–H and O–H groups in total. The number of aromatic nitrogens is 4. The van der Waals surface area contributed by atoms with Gasteiger partial charge in [0.2, 0.25) is 0 Å². The summed E-state index contributed by atoms with van der Waals surface area (Å²) in [6, 6.07) is 24.1. The quantitative estimate of drug-likeness (QED) is 0.374. The van der Waals surface area contributed by atoms with Crippen molar-refractivity contribution < 1.29 is 4.79 Å². The van der Waals surface area contributed by atoms with Crippen LogP contribution >= 0.6 is 0 Å². The molecule has 3 aromatic heterocycles. The van der Waals surface area contributed by atoms with Crippen LogP contribution in [0.5, 0.6) is 0 Å². The van der Waals surface area contributed by atoms with Crippen LogP contribution < -0.4 is 0 Å². The number of carbonyl (C=O) groups excluding carboxylic acids is 1. The standard InChI is InChI=1S/C29H25N5O/c35-29(26-17-22-9-4-5-11-25(22)32-26)34-15-12-21(13-16-34)27-24(20-7-2-1-3-8-20)19-31-28(33-27)23-10-6-14-30-18-23/h1-11,14,17-19,21,32H,12-13,15-16H2. The van der Waals surface area contributed by atoms with E-state index < -0.39 is 0 Å². The van der Waals surface area contributed by atoms with E-state index in [-0.39, 0.29) is 11.8 Å². The monoisotopic (exact) mass is 459 g/mol. The number of para-hydroxylation sites is 1. The summed E-state index contributed by atoms with van der Waals surface area (Å²) in [7, 11) is 0. The molecule has 0 saturated carbocycles. The molecule has 6 heteroatoms. The minimum Gasteiger partial charge on any atom is -0.351 e. The molecule has 0 aliphatic carbocycles. The van der Waals surface area contributed by atoms with Gasteiger partial charge < -0.3 is 9.88 Å². The summed E-state index contributed by atoms with van der Waals surface area (Å²) < 4.78 is 0. The maximum atomic E-state index is 13.2. The number of hydrogen-bond donors (Lipinski definition) is 1. The summed E-state index contributed by atoms with van der Waals surface area (Å²) in [5.41, 5.74) is 5.75. The summed E-state index contributed by atoms with van der Waals surface area (Å²) in [5, 5.41) is 1.06. The fourth-order valence-electron chi connectivity index (χ4n) is 4.90. The van der Waals surface area contributed by atoms with Crippen LogP contribution in [0.3, 0.4) is 0 Å². The average molecular weight is 460 g/mol. The van der Waals surface area contributed by atoms with Crippen molar-refractivity contribution in [1.82, 2.24) is 24.8 Å². The molecule has 4 heterocycles. The molecule has 5 aromatic rings. The summed E-state index contributed by atoms with van der Waals surface area (Å²) >= 11 is 0. The molecule has 0 atom stereocenters. The number of hydrogen-bond acceptors (Lipinski definition) is 4. The Morgan fingerprint density at radius 1 is 0.886 bits per heavy atom. The van der Waals surface area contributed by atoms with E-state index in [1.165, 1.54) is 0 Å². The van der Waals surface area contributed by atoms with E-state index in [0.29, 0.717) is 24.6 Å². The molecule has 6 nitrogen and oxygen atoms in total. The van der Waals surface area contributed by atoms with Gasteiger partial charge in [-0.15, -0.1) is 0 Å². The minimum atomic E-state index is 0.0571. The minimum absolute atomic E-state index is 0.0571. The third kappa shape index (κ3) is 4.19. The van der Waals surface area contributed by atoms with Crippen LogP contribution in [-0.2, 0) is 0 Å². The second-order valence-electron chi connectivity index (χ2n) is 8.94. The molecule has 1 saturated heterocycles. The smallest absolute Gasteiger partial charge is 0.270 e. The number of nitrogens with zero attached hydrogens (tertiary/aromatic N) is 4. The highest BCUT2D eigenvalue weighted by Crippen LogP contribution is 2.35. The number of pyridine rings is 1. The van der Waals surface area contributed by atoms with Gasteiger partial charge in [-0.05, 0) is 42.7 Å². The van der Waals surface area contributed by atoms with Crippen molar-refractivity contribution in [1.29, 1.82) is 0 Å². The second kappa shape index (κ2) is 9.14. The van der Waals surface area contributed by atoms with Crippen molar-refractivity contribution in [2.45, 2.75) is 18.8 Å². The molecule has 0 unspecified atom stereocenters. The number of benzene rings is 2. The highest BCUT2D eigenvalue weighted by atomic mass is 16.2. The molecule has 1 aliphatic heterocycles. The van der Waals surface area contributed by atoms with E-state index in [2.05, 4.69) is 27.1 Å². The number of aromatic amines is 1. The number of H-pyrrole nitrogens is 1. The average Bonchev–Trinajstić information content (AvgIpc) is 3.38. The number of nitrogens with one attached hydrogen (secondary N) is 1. The number of piperidine rings is 1. The Kier molecular flexibility index (Phi) is 5.54. The third-order valence-electron chi connectivity index (χ3n) is 6.75. The fraction of sp³-hybridized carbons (Fsp3) is 0.172. The zero-order valence-electron chi connectivity index (χ0n) is 19.3. The Morgan fingerprint density at radius 3 is 2.43 bits per heavy atom. The van der Waals surface area contributed by atoms with Gasteiger partial charge in [0.25, 0.3) is 5.91 Å². The van der Waals surface area contributed by atoms with Gasteiger partial charge in [0, 0.05) is 59.6 Å². The summed E-state index contributed by atoms with van der Waals surface area (Å²) in [5.74, 6) is 0.987. The van der Waals surface area contributed by atoms with Crippen molar-refractivity contribution in [3.63, 3.8) is 0 Å². The molecule has 35 heavy (non-hydrogen) atoms. The molecule has 0 radical (unpaired) electrons. The van der Waals surface area contributed by atoms with Crippen molar-refractivity contribution in [2.75, 3.05) is 13.1 Å². The molecule has 6 rings (SSSR count). The van der Waals surface area contributed by atoms with Crippen LogP contribution in [0.15, 0.2) is 91.4 Å². The number of carbonyl (C=O) groups is 1. The SMILES string of the molecule is O=C(c1cc2ccccc2[nH]1)N1CCC(c2nc(-c3cccnc3)ncc2-c2ccccc2)CC1. The highest BCUT2D eigenvalue weighted by Gasteiger charge is 2.28. The van der Waals surface area contributed by atoms with E-state index in [9.17, 15) is 4.79 Å². The zero-order chi connectivity index (χ0) is 23.6. The van der Waals surface area contributed by atoms with Gasteiger partial charge in [-0.1, -0.05) is 48.5 Å². The predicted molar refractivity (Wildman–Crippen MR) is 137 cm³/mol. The summed E-state index contributed by atoms with van der Waals surface area (Å²) in [4.78, 5) is 32.4. The topological polar surface area (TPSA) is 74.8 Å². The lowest BCUT2D eigenvalue weighted by Gasteiger charge is -2.32. The van der Waals surface area contributed by atoms with E-state index in [1.54, 1.807) is 12.4 Å². The molecular formula is C29H25N5O. The number of rotatable bonds is 4. The molecule has 1 fully saturated rings. The maximum absolute atomic E-state index is 13.2. The van der Waals surface area contributed by atoms with Crippen molar-refractivity contribution in [3.8, 4) is 22.5 Å². The van der Waals surface area contributed by atoms with Crippen LogP contribution in [0.2, 0.25) is 0 Å². The van der Waals surface area contributed by atoms with Gasteiger partial charge in [0.1, 0.15) is 5.69 Å². The fourth-order valence-corrected chi connectivity index (χ4v) is 4.90. The van der Waals surface area contributed by atoms with E-state index in [4.69, 9.17) is 4.98 Å². The molecular weight excluding hydrogens is 434 g/mol. The van der Waals surface area contributed by atoms with Crippen LogP contribution in [0.25, 0.3) is 33.4 Å². The first-order valence-electron chi connectivity index (χ1n) is 12.0. The molecule has 0 spiro atoms. The van der Waals surface area contributed by atoms with Gasteiger partial charge in [-0.3, -0.25) is 9.78 Å². The lowest BCUT2D eigenvalue weighted by Crippen LogP contribution is -2.38. The number of amides is 1. The Balaban J connectivity index is 1.27. The summed E-state index contributed by atoms with van der Waals surface area (Å²) in [6.45, 7) is 1.39. The molecule has 1 aliphatic rings. The predicted octanol–water partition coefficient (Wildman–Crippen LogP) is 5.71. The van der Waals surface area contributed by atoms with Gasteiger partial charge >= 0.3 is 0 Å². The Hall–Kier alpha value is -4.32. The van der Waals surface area contributed by atoms with Gasteiger partial charge in [-0.2, -0.15) is 0 Å². The largest absolute Gasteiger partial charge is 0.351 e. The Labute approximate surface area is 203 Å². The lowest BCUT2D eigenvalue weighted by atomic mass is 9.88. The van der Waals surface area contributed by atoms with E-state index >= 15 is 0 Å². The van der Waals surface area contributed by atoms with Crippen molar-refractivity contribution in [2.24, 2.45) is 0 Å². The van der Waals surface area contributed by atoms with Crippen LogP contribution in [0.1, 0.15) is 34.9 Å². The van der Waals surface area contributed by atoms with Crippen LogP contribution in [-0.4, -0.2) is 43.8 Å². The molecule has 2 aromatic carbocycles. The normalized spacial score (nSPS) is 14.3. The Morgan fingerprint density at radius 2 is 1.66 bits per heavy atom. The molecule has 1 amide bonds. The van der Waals surface area contributed by atoms with E-state index in [1.807, 2.05) is 71.8 Å². The Bertz CT molecular complexity index is 1440. The van der Waals surface area contributed by atoms with Crippen LogP contribution in [0, 0.1) is 0 Å². The van der Waals surface area contributed by atoms with Gasteiger partial charge in [-0.25, -0.2) is 9.97 Å². The highest BCUT2D eigenvalue weighted by molar-refractivity contribution is 5.98. The zero-order valence-corrected chi connectivity index (χ0v) is 19.3. The first-order valence-corrected chi connectivity index (χ1v) is 12.0. The third-order valence-corrected chi connectivity index (χ3v) is 6.75. The number of likely N-dealkylation sites (tertiary alicyclic amines) is 1. The summed E-state index contributed by atoms with van der Waals surface area (Å²) in [6.07, 6.45) is 7.19. The molecule has 0 bridgehead atoms. The van der Waals surface area contributed by atoms with Crippen molar-refractivity contribution in [3.05, 3.63) is 103 Å².